The summed E-state index contributed by atoms with van der Waals surface area (Å²) in [4.78, 5) is 0. The summed E-state index contributed by atoms with van der Waals surface area (Å²) in [6.45, 7) is 2.65. The molecule has 2 aromatic carbocycles. The van der Waals surface area contributed by atoms with Crippen LogP contribution < -0.4 is 15.2 Å². The lowest BCUT2D eigenvalue weighted by atomic mass is 9.90. The van der Waals surface area contributed by atoms with Crippen LogP contribution in [0.25, 0.3) is 0 Å². The normalized spacial score (nSPS) is 12.0. The van der Waals surface area contributed by atoms with Crippen molar-refractivity contribution in [3.8, 4) is 11.5 Å². The highest BCUT2D eigenvalue weighted by atomic mass is 35.5. The van der Waals surface area contributed by atoms with Crippen molar-refractivity contribution in [2.75, 3.05) is 20.8 Å². The van der Waals surface area contributed by atoms with Crippen LogP contribution >= 0.6 is 11.6 Å². The van der Waals surface area contributed by atoms with E-state index in [0.29, 0.717) is 11.6 Å². The average Bonchev–Trinajstić information content (AvgIpc) is 2.59. The van der Waals surface area contributed by atoms with E-state index < -0.39 is 0 Å². The quantitative estimate of drug-likeness (QED) is 0.825. The fourth-order valence-corrected chi connectivity index (χ4v) is 3.00. The molecule has 0 saturated carbocycles. The van der Waals surface area contributed by atoms with Gasteiger partial charge in [-0.2, -0.15) is 0 Å². The molecule has 3 nitrogen and oxygen atoms in total. The van der Waals surface area contributed by atoms with E-state index in [1.54, 1.807) is 14.2 Å². The third-order valence-electron chi connectivity index (χ3n) is 4.14. The van der Waals surface area contributed by atoms with Crippen molar-refractivity contribution in [2.45, 2.75) is 25.7 Å². The molecule has 2 aromatic rings. The Balaban J connectivity index is 2.38. The maximum atomic E-state index is 6.16. The molecule has 0 aromatic heterocycles. The monoisotopic (exact) mass is 333 g/mol. The number of aryl methyl sites for hydroxylation is 1. The second kappa shape index (κ2) is 8.23. The maximum Gasteiger partial charge on any atom is 0.122 e. The third-order valence-corrected chi connectivity index (χ3v) is 4.37. The molecule has 0 radical (unpaired) electrons. The number of methoxy groups -OCH3 is 2. The van der Waals surface area contributed by atoms with Gasteiger partial charge < -0.3 is 15.2 Å². The van der Waals surface area contributed by atoms with Gasteiger partial charge in [0.25, 0.3) is 0 Å². The number of rotatable bonds is 7. The lowest BCUT2D eigenvalue weighted by Gasteiger charge is -2.20. The van der Waals surface area contributed by atoms with Crippen molar-refractivity contribution in [3.63, 3.8) is 0 Å². The van der Waals surface area contributed by atoms with E-state index in [9.17, 15) is 0 Å². The fraction of sp³-hybridized carbons (Fsp3) is 0.368. The third kappa shape index (κ3) is 4.18. The summed E-state index contributed by atoms with van der Waals surface area (Å²) in [5, 5.41) is 0.688. The van der Waals surface area contributed by atoms with E-state index in [1.807, 2.05) is 24.3 Å². The Morgan fingerprint density at radius 3 is 2.35 bits per heavy atom. The molecule has 1 unspecified atom stereocenters. The van der Waals surface area contributed by atoms with E-state index in [4.69, 9.17) is 26.8 Å². The standard InChI is InChI=1S/C19H24ClNO2/c1-4-13-5-7-18(22-2)14(9-13)10-15(12-21)17-11-16(20)6-8-19(17)23-3/h5-9,11,15H,4,10,12,21H2,1-3H3. The molecule has 2 rings (SSSR count). The Morgan fingerprint density at radius 1 is 1.04 bits per heavy atom. The highest BCUT2D eigenvalue weighted by Crippen LogP contribution is 2.33. The van der Waals surface area contributed by atoms with Crippen LogP contribution in [0, 0.1) is 0 Å². The van der Waals surface area contributed by atoms with E-state index in [1.165, 1.54) is 5.56 Å². The van der Waals surface area contributed by atoms with Gasteiger partial charge >= 0.3 is 0 Å². The van der Waals surface area contributed by atoms with Crippen LogP contribution in [-0.4, -0.2) is 20.8 Å². The van der Waals surface area contributed by atoms with Crippen molar-refractivity contribution >= 4 is 11.6 Å². The number of nitrogens with two attached hydrogens (primary N) is 1. The minimum absolute atomic E-state index is 0.115. The highest BCUT2D eigenvalue weighted by molar-refractivity contribution is 6.30. The average molecular weight is 334 g/mol. The molecule has 1 atom stereocenters. The van der Waals surface area contributed by atoms with Crippen LogP contribution in [0.2, 0.25) is 5.02 Å². The molecule has 0 spiro atoms. The first-order valence-corrected chi connectivity index (χ1v) is 8.20. The van der Waals surface area contributed by atoms with Gasteiger partial charge in [-0.1, -0.05) is 30.7 Å². The van der Waals surface area contributed by atoms with Gasteiger partial charge in [0.2, 0.25) is 0 Å². The van der Waals surface area contributed by atoms with Crippen molar-refractivity contribution in [3.05, 3.63) is 58.1 Å². The molecule has 0 heterocycles. The summed E-state index contributed by atoms with van der Waals surface area (Å²) in [7, 11) is 3.36. The van der Waals surface area contributed by atoms with Crippen molar-refractivity contribution in [1.29, 1.82) is 0 Å². The molecule has 124 valence electrons. The molecular formula is C19H24ClNO2. The lowest BCUT2D eigenvalue weighted by molar-refractivity contribution is 0.400. The number of hydrogen-bond acceptors (Lipinski definition) is 3. The SMILES string of the molecule is CCc1ccc(OC)c(CC(CN)c2cc(Cl)ccc2OC)c1. The topological polar surface area (TPSA) is 44.5 Å². The van der Waals surface area contributed by atoms with Crippen LogP contribution in [0.1, 0.15) is 29.5 Å². The largest absolute Gasteiger partial charge is 0.496 e. The summed E-state index contributed by atoms with van der Waals surface area (Å²) in [5.41, 5.74) is 9.53. The van der Waals surface area contributed by atoms with Crippen LogP contribution in [-0.2, 0) is 12.8 Å². The molecule has 0 aliphatic heterocycles. The zero-order chi connectivity index (χ0) is 16.8. The van der Waals surface area contributed by atoms with Crippen molar-refractivity contribution in [1.82, 2.24) is 0 Å². The first-order chi connectivity index (χ1) is 11.1. The second-order valence-corrected chi connectivity index (χ2v) is 5.96. The molecule has 23 heavy (non-hydrogen) atoms. The van der Waals surface area contributed by atoms with E-state index >= 15 is 0 Å². The molecule has 0 aliphatic rings. The maximum absolute atomic E-state index is 6.16. The first-order valence-electron chi connectivity index (χ1n) is 7.82. The Morgan fingerprint density at radius 2 is 1.74 bits per heavy atom. The Bertz CT molecular complexity index is 658. The summed E-state index contributed by atoms with van der Waals surface area (Å²) in [5.74, 6) is 1.82. The molecule has 0 aliphatic carbocycles. The smallest absolute Gasteiger partial charge is 0.122 e. The Hall–Kier alpha value is -1.71. The number of halogens is 1. The van der Waals surface area contributed by atoms with Crippen LogP contribution in [0.15, 0.2) is 36.4 Å². The summed E-state index contributed by atoms with van der Waals surface area (Å²) in [6, 6.07) is 12.0. The highest BCUT2D eigenvalue weighted by Gasteiger charge is 2.18. The van der Waals surface area contributed by atoms with Crippen LogP contribution in [0.4, 0.5) is 0 Å². The predicted octanol–water partition coefficient (Wildman–Crippen LogP) is 4.20. The molecule has 0 fully saturated rings. The molecular weight excluding hydrogens is 310 g/mol. The van der Waals surface area contributed by atoms with Gasteiger partial charge in [-0.3, -0.25) is 0 Å². The summed E-state index contributed by atoms with van der Waals surface area (Å²) in [6.07, 6.45) is 1.77. The minimum Gasteiger partial charge on any atom is -0.496 e. The van der Waals surface area contributed by atoms with Gasteiger partial charge in [0.05, 0.1) is 14.2 Å². The Labute approximate surface area is 143 Å². The molecule has 0 bridgehead atoms. The van der Waals surface area contributed by atoms with E-state index in [2.05, 4.69) is 19.1 Å². The van der Waals surface area contributed by atoms with Crippen molar-refractivity contribution in [2.24, 2.45) is 5.73 Å². The van der Waals surface area contributed by atoms with Crippen LogP contribution in [0.3, 0.4) is 0 Å². The number of benzene rings is 2. The molecule has 0 amide bonds. The van der Waals surface area contributed by atoms with Crippen molar-refractivity contribution < 1.29 is 9.47 Å². The molecule has 4 heteroatoms. The van der Waals surface area contributed by atoms with Gasteiger partial charge in [-0.15, -0.1) is 0 Å². The number of hydrogen-bond donors (Lipinski definition) is 1. The summed E-state index contributed by atoms with van der Waals surface area (Å²) < 4.78 is 11.0. The van der Waals surface area contributed by atoms with Gasteiger partial charge in [0.15, 0.2) is 0 Å². The van der Waals surface area contributed by atoms with Gasteiger partial charge in [-0.25, -0.2) is 0 Å². The number of ether oxygens (including phenoxy) is 2. The molecule has 0 saturated heterocycles. The second-order valence-electron chi connectivity index (χ2n) is 5.52. The Kier molecular flexibility index (Phi) is 6.31. The minimum atomic E-state index is 0.115. The predicted molar refractivity (Wildman–Crippen MR) is 95.9 cm³/mol. The zero-order valence-electron chi connectivity index (χ0n) is 13.9. The summed E-state index contributed by atoms with van der Waals surface area (Å²) >= 11 is 6.16. The van der Waals surface area contributed by atoms with Gasteiger partial charge in [0, 0.05) is 16.5 Å². The zero-order valence-corrected chi connectivity index (χ0v) is 14.7. The lowest BCUT2D eigenvalue weighted by Crippen LogP contribution is -2.16. The van der Waals surface area contributed by atoms with Gasteiger partial charge in [-0.05, 0) is 54.8 Å². The first kappa shape index (κ1) is 17.6. The van der Waals surface area contributed by atoms with Crippen LogP contribution in [0.5, 0.6) is 11.5 Å². The van der Waals surface area contributed by atoms with E-state index in [-0.39, 0.29) is 5.92 Å². The molecule has 2 N–H and O–H groups in total. The fourth-order valence-electron chi connectivity index (χ4n) is 2.82. The van der Waals surface area contributed by atoms with Gasteiger partial charge in [0.1, 0.15) is 11.5 Å². The van der Waals surface area contributed by atoms with E-state index in [0.717, 1.165) is 35.5 Å².